The van der Waals surface area contributed by atoms with E-state index in [-0.39, 0.29) is 0 Å². The van der Waals surface area contributed by atoms with Crippen molar-refractivity contribution in [1.29, 1.82) is 0 Å². The van der Waals surface area contributed by atoms with Crippen molar-refractivity contribution in [2.24, 2.45) is 5.92 Å². The number of ether oxygens (including phenoxy) is 1. The maximum atomic E-state index is 5.62. The van der Waals surface area contributed by atoms with Crippen LogP contribution in [0.25, 0.3) is 0 Å². The largest absolute Gasteiger partial charge is 0.381 e. The van der Waals surface area contributed by atoms with Crippen molar-refractivity contribution in [2.45, 2.75) is 51.9 Å². The fourth-order valence-electron chi connectivity index (χ4n) is 1.89. The van der Waals surface area contributed by atoms with Gasteiger partial charge < -0.3 is 10.1 Å². The van der Waals surface area contributed by atoms with Gasteiger partial charge in [0.1, 0.15) is 0 Å². The molecule has 0 aromatic heterocycles. The van der Waals surface area contributed by atoms with Crippen LogP contribution in [0.1, 0.15) is 51.9 Å². The summed E-state index contributed by atoms with van der Waals surface area (Å²) in [5.74, 6) is 0.997. The molecule has 1 fully saturated rings. The predicted molar refractivity (Wildman–Crippen MR) is 65.2 cm³/mol. The average molecular weight is 213 g/mol. The Morgan fingerprint density at radius 2 is 2.00 bits per heavy atom. The van der Waals surface area contributed by atoms with Gasteiger partial charge >= 0.3 is 0 Å². The van der Waals surface area contributed by atoms with Crippen molar-refractivity contribution in [3.8, 4) is 0 Å². The van der Waals surface area contributed by atoms with Gasteiger partial charge in [-0.25, -0.2) is 0 Å². The zero-order chi connectivity index (χ0) is 10.8. The SMILES string of the molecule is CCCNCCCCOCCC1CCC1. The van der Waals surface area contributed by atoms with E-state index in [4.69, 9.17) is 4.74 Å². The summed E-state index contributed by atoms with van der Waals surface area (Å²) < 4.78 is 5.62. The van der Waals surface area contributed by atoms with Crippen LogP contribution in [0.2, 0.25) is 0 Å². The lowest BCUT2D eigenvalue weighted by Crippen LogP contribution is -2.16. The molecule has 0 aliphatic heterocycles. The van der Waals surface area contributed by atoms with Crippen LogP contribution in [0.3, 0.4) is 0 Å². The van der Waals surface area contributed by atoms with E-state index in [9.17, 15) is 0 Å². The fraction of sp³-hybridized carbons (Fsp3) is 1.00. The van der Waals surface area contributed by atoms with Gasteiger partial charge in [-0.2, -0.15) is 0 Å². The molecule has 0 heterocycles. The van der Waals surface area contributed by atoms with Gasteiger partial charge in [0, 0.05) is 13.2 Å². The first-order chi connectivity index (χ1) is 7.43. The number of nitrogens with one attached hydrogen (secondary N) is 1. The van der Waals surface area contributed by atoms with Crippen LogP contribution in [-0.4, -0.2) is 26.3 Å². The first kappa shape index (κ1) is 13.0. The topological polar surface area (TPSA) is 21.3 Å². The molecule has 0 unspecified atom stereocenters. The van der Waals surface area contributed by atoms with Gasteiger partial charge in [0.2, 0.25) is 0 Å². The Labute approximate surface area is 94.8 Å². The lowest BCUT2D eigenvalue weighted by atomic mass is 9.83. The second-order valence-electron chi connectivity index (χ2n) is 4.66. The highest BCUT2D eigenvalue weighted by Gasteiger charge is 2.16. The van der Waals surface area contributed by atoms with Crippen LogP contribution < -0.4 is 5.32 Å². The lowest BCUT2D eigenvalue weighted by molar-refractivity contribution is 0.104. The van der Waals surface area contributed by atoms with Crippen molar-refractivity contribution in [3.63, 3.8) is 0 Å². The van der Waals surface area contributed by atoms with Gasteiger partial charge in [-0.15, -0.1) is 0 Å². The van der Waals surface area contributed by atoms with Gasteiger partial charge in [0.25, 0.3) is 0 Å². The van der Waals surface area contributed by atoms with Crippen LogP contribution in [0.4, 0.5) is 0 Å². The molecule has 90 valence electrons. The summed E-state index contributed by atoms with van der Waals surface area (Å²) >= 11 is 0. The van der Waals surface area contributed by atoms with Crippen molar-refractivity contribution >= 4 is 0 Å². The summed E-state index contributed by atoms with van der Waals surface area (Å²) in [5, 5.41) is 3.41. The van der Waals surface area contributed by atoms with Gasteiger partial charge in [-0.05, 0) is 44.7 Å². The Morgan fingerprint density at radius 1 is 1.13 bits per heavy atom. The number of rotatable bonds is 10. The van der Waals surface area contributed by atoms with Crippen LogP contribution >= 0.6 is 0 Å². The van der Waals surface area contributed by atoms with Gasteiger partial charge in [0.15, 0.2) is 0 Å². The standard InChI is InChI=1S/C13H27NO/c1-2-9-14-10-3-4-11-15-12-8-13-6-5-7-13/h13-14H,2-12H2,1H3. The molecule has 0 spiro atoms. The highest BCUT2D eigenvalue weighted by atomic mass is 16.5. The first-order valence-corrected chi connectivity index (χ1v) is 6.72. The van der Waals surface area contributed by atoms with E-state index in [0.29, 0.717) is 0 Å². The maximum Gasteiger partial charge on any atom is 0.0468 e. The third-order valence-corrected chi connectivity index (χ3v) is 3.21. The fourth-order valence-corrected chi connectivity index (χ4v) is 1.89. The van der Waals surface area contributed by atoms with Crippen LogP contribution in [-0.2, 0) is 4.74 Å². The highest BCUT2D eigenvalue weighted by molar-refractivity contribution is 4.68. The zero-order valence-electron chi connectivity index (χ0n) is 10.3. The van der Waals surface area contributed by atoms with Gasteiger partial charge in [-0.3, -0.25) is 0 Å². The van der Waals surface area contributed by atoms with Crippen molar-refractivity contribution in [2.75, 3.05) is 26.3 Å². The molecule has 1 N–H and O–H groups in total. The molecular weight excluding hydrogens is 186 g/mol. The minimum atomic E-state index is 0.959. The molecule has 2 nitrogen and oxygen atoms in total. The van der Waals surface area contributed by atoms with Crippen molar-refractivity contribution in [1.82, 2.24) is 5.32 Å². The minimum absolute atomic E-state index is 0.959. The number of unbranched alkanes of at least 4 members (excludes halogenated alkanes) is 1. The number of hydrogen-bond donors (Lipinski definition) is 1. The highest BCUT2D eigenvalue weighted by Crippen LogP contribution is 2.29. The molecule has 0 amide bonds. The lowest BCUT2D eigenvalue weighted by Gasteiger charge is -2.24. The molecule has 0 aromatic carbocycles. The summed E-state index contributed by atoms with van der Waals surface area (Å²) in [6, 6.07) is 0. The minimum Gasteiger partial charge on any atom is -0.381 e. The van der Waals surface area contributed by atoms with E-state index in [1.807, 2.05) is 0 Å². The molecule has 0 radical (unpaired) electrons. The Morgan fingerprint density at radius 3 is 2.67 bits per heavy atom. The Kier molecular flexibility index (Phi) is 7.94. The summed E-state index contributed by atoms with van der Waals surface area (Å²) in [6.07, 6.45) is 9.35. The molecule has 0 aromatic rings. The second-order valence-corrected chi connectivity index (χ2v) is 4.66. The molecule has 1 aliphatic carbocycles. The summed E-state index contributed by atoms with van der Waals surface area (Å²) in [6.45, 7) is 6.46. The third-order valence-electron chi connectivity index (χ3n) is 3.21. The van der Waals surface area contributed by atoms with E-state index in [2.05, 4.69) is 12.2 Å². The summed E-state index contributed by atoms with van der Waals surface area (Å²) in [5.41, 5.74) is 0. The molecule has 1 saturated carbocycles. The maximum absolute atomic E-state index is 5.62. The molecule has 15 heavy (non-hydrogen) atoms. The smallest absolute Gasteiger partial charge is 0.0468 e. The summed E-state index contributed by atoms with van der Waals surface area (Å²) in [7, 11) is 0. The molecule has 1 rings (SSSR count). The van der Waals surface area contributed by atoms with E-state index in [0.717, 1.165) is 32.2 Å². The van der Waals surface area contributed by atoms with E-state index >= 15 is 0 Å². The van der Waals surface area contributed by atoms with Crippen LogP contribution in [0, 0.1) is 5.92 Å². The van der Waals surface area contributed by atoms with E-state index in [1.54, 1.807) is 0 Å². The number of hydrogen-bond acceptors (Lipinski definition) is 2. The monoisotopic (exact) mass is 213 g/mol. The third kappa shape index (κ3) is 6.91. The van der Waals surface area contributed by atoms with Gasteiger partial charge in [-0.1, -0.05) is 26.2 Å². The Balaban J connectivity index is 1.66. The zero-order valence-corrected chi connectivity index (χ0v) is 10.3. The Hall–Kier alpha value is -0.0800. The van der Waals surface area contributed by atoms with Crippen LogP contribution in [0.15, 0.2) is 0 Å². The van der Waals surface area contributed by atoms with Crippen molar-refractivity contribution < 1.29 is 4.74 Å². The van der Waals surface area contributed by atoms with E-state index < -0.39 is 0 Å². The molecule has 1 aliphatic rings. The molecule has 0 bridgehead atoms. The van der Waals surface area contributed by atoms with E-state index in [1.165, 1.54) is 44.9 Å². The van der Waals surface area contributed by atoms with Crippen molar-refractivity contribution in [3.05, 3.63) is 0 Å². The van der Waals surface area contributed by atoms with Gasteiger partial charge in [0.05, 0.1) is 0 Å². The predicted octanol–water partition coefficient (Wildman–Crippen LogP) is 2.97. The molecule has 2 heteroatoms. The first-order valence-electron chi connectivity index (χ1n) is 6.72. The molecule has 0 atom stereocenters. The molecular formula is C13H27NO. The average Bonchev–Trinajstić information content (AvgIpc) is 2.18. The normalized spacial score (nSPS) is 16.6. The van der Waals surface area contributed by atoms with Crippen LogP contribution in [0.5, 0.6) is 0 Å². The molecule has 0 saturated heterocycles. The quantitative estimate of drug-likeness (QED) is 0.563. The Bertz CT molecular complexity index is 134. The summed E-state index contributed by atoms with van der Waals surface area (Å²) in [4.78, 5) is 0. The second kappa shape index (κ2) is 9.17.